The van der Waals surface area contributed by atoms with Gasteiger partial charge in [-0.1, -0.05) is 12.1 Å². The second-order valence-corrected chi connectivity index (χ2v) is 5.53. The smallest absolute Gasteiger partial charge is 0.223 e. The molecule has 1 aromatic carbocycles. The first kappa shape index (κ1) is 16.1. The fourth-order valence-electron chi connectivity index (χ4n) is 2.39. The zero-order valence-electron chi connectivity index (χ0n) is 12.9. The van der Waals surface area contributed by atoms with Crippen molar-refractivity contribution in [2.24, 2.45) is 33.1 Å². The number of aliphatic imine (C=N–C) groups is 2. The topological polar surface area (TPSA) is 115 Å². The maximum Gasteiger partial charge on any atom is 0.223 e. The Morgan fingerprint density at radius 2 is 1.91 bits per heavy atom. The quantitative estimate of drug-likeness (QED) is 0.557. The summed E-state index contributed by atoms with van der Waals surface area (Å²) in [5.74, 6) is 1.15. The van der Waals surface area contributed by atoms with Gasteiger partial charge in [0.15, 0.2) is 5.96 Å². The van der Waals surface area contributed by atoms with Crippen LogP contribution in [0.15, 0.2) is 34.3 Å². The lowest BCUT2D eigenvalue weighted by atomic mass is 9.98. The standard InChI is InChI=1S/C15H24N6O/c1-21-8-6-11(7-9-21)10-22-13-5-3-2-4-12(13)19-15(18)20-14(16)17/h2-5,11H,6-10H2,1H3,(H6,16,17,18,19,20). The van der Waals surface area contributed by atoms with Gasteiger partial charge in [-0.05, 0) is 51.0 Å². The first-order chi connectivity index (χ1) is 10.5. The summed E-state index contributed by atoms with van der Waals surface area (Å²) in [5.41, 5.74) is 16.9. The fraction of sp³-hybridized carbons (Fsp3) is 0.467. The number of piperidine rings is 1. The van der Waals surface area contributed by atoms with Crippen molar-refractivity contribution in [3.63, 3.8) is 0 Å². The molecule has 0 aliphatic carbocycles. The Morgan fingerprint density at radius 1 is 1.23 bits per heavy atom. The fourth-order valence-corrected chi connectivity index (χ4v) is 2.39. The van der Waals surface area contributed by atoms with E-state index in [2.05, 4.69) is 21.9 Å². The molecule has 1 aliphatic heterocycles. The molecule has 0 unspecified atom stereocenters. The molecule has 0 saturated carbocycles. The molecule has 22 heavy (non-hydrogen) atoms. The van der Waals surface area contributed by atoms with Gasteiger partial charge in [-0.2, -0.15) is 4.99 Å². The molecule has 0 bridgehead atoms. The lowest BCUT2D eigenvalue weighted by Crippen LogP contribution is -2.32. The molecular formula is C15H24N6O. The van der Waals surface area contributed by atoms with Crippen molar-refractivity contribution >= 4 is 17.6 Å². The summed E-state index contributed by atoms with van der Waals surface area (Å²) < 4.78 is 5.93. The summed E-state index contributed by atoms with van der Waals surface area (Å²) in [6.45, 7) is 2.92. The summed E-state index contributed by atoms with van der Waals surface area (Å²) in [7, 11) is 2.15. The molecule has 2 rings (SSSR count). The average molecular weight is 304 g/mol. The molecule has 0 atom stereocenters. The molecule has 7 nitrogen and oxygen atoms in total. The number of ether oxygens (including phenoxy) is 1. The van der Waals surface area contributed by atoms with E-state index in [9.17, 15) is 0 Å². The summed E-state index contributed by atoms with van der Waals surface area (Å²) >= 11 is 0. The van der Waals surface area contributed by atoms with E-state index in [1.807, 2.05) is 24.3 Å². The third kappa shape index (κ3) is 4.92. The third-order valence-electron chi connectivity index (χ3n) is 3.66. The highest BCUT2D eigenvalue weighted by molar-refractivity contribution is 5.93. The first-order valence-corrected chi connectivity index (χ1v) is 7.39. The molecule has 6 N–H and O–H groups in total. The maximum atomic E-state index is 5.93. The van der Waals surface area contributed by atoms with Crippen molar-refractivity contribution in [1.29, 1.82) is 0 Å². The minimum absolute atomic E-state index is 0.00958. The summed E-state index contributed by atoms with van der Waals surface area (Å²) in [5, 5.41) is 0. The summed E-state index contributed by atoms with van der Waals surface area (Å²) in [6, 6.07) is 7.46. The van der Waals surface area contributed by atoms with Crippen LogP contribution in [0, 0.1) is 5.92 Å². The van der Waals surface area contributed by atoms with Crippen LogP contribution in [0.1, 0.15) is 12.8 Å². The first-order valence-electron chi connectivity index (χ1n) is 7.39. The van der Waals surface area contributed by atoms with Crippen molar-refractivity contribution in [2.75, 3.05) is 26.7 Å². The molecule has 1 heterocycles. The molecule has 0 amide bonds. The van der Waals surface area contributed by atoms with E-state index in [4.69, 9.17) is 21.9 Å². The lowest BCUT2D eigenvalue weighted by Gasteiger charge is -2.28. The van der Waals surface area contributed by atoms with Gasteiger partial charge in [0.25, 0.3) is 0 Å². The van der Waals surface area contributed by atoms with E-state index in [1.165, 1.54) is 0 Å². The lowest BCUT2D eigenvalue weighted by molar-refractivity contribution is 0.160. The molecule has 0 spiro atoms. The highest BCUT2D eigenvalue weighted by Gasteiger charge is 2.17. The van der Waals surface area contributed by atoms with Gasteiger partial charge in [0.2, 0.25) is 5.96 Å². The highest BCUT2D eigenvalue weighted by Crippen LogP contribution is 2.28. The molecule has 1 aromatic rings. The van der Waals surface area contributed by atoms with E-state index in [0.29, 0.717) is 24.0 Å². The van der Waals surface area contributed by atoms with Crippen LogP contribution in [0.2, 0.25) is 0 Å². The molecular weight excluding hydrogens is 280 g/mol. The Bertz CT molecular complexity index is 545. The Labute approximate surface area is 130 Å². The van der Waals surface area contributed by atoms with E-state index in [1.54, 1.807) is 0 Å². The second-order valence-electron chi connectivity index (χ2n) is 5.53. The van der Waals surface area contributed by atoms with Gasteiger partial charge >= 0.3 is 0 Å². The van der Waals surface area contributed by atoms with Crippen molar-refractivity contribution in [3.8, 4) is 5.75 Å². The summed E-state index contributed by atoms with van der Waals surface area (Å²) in [4.78, 5) is 10.2. The van der Waals surface area contributed by atoms with Gasteiger partial charge in [0.1, 0.15) is 11.4 Å². The van der Waals surface area contributed by atoms with E-state index in [0.717, 1.165) is 25.9 Å². The van der Waals surface area contributed by atoms with E-state index in [-0.39, 0.29) is 11.9 Å². The van der Waals surface area contributed by atoms with Crippen LogP contribution in [-0.2, 0) is 0 Å². The third-order valence-corrected chi connectivity index (χ3v) is 3.66. The second kappa shape index (κ2) is 7.65. The Hall–Kier alpha value is -2.28. The van der Waals surface area contributed by atoms with Crippen LogP contribution in [0.25, 0.3) is 0 Å². The maximum absolute atomic E-state index is 5.93. The van der Waals surface area contributed by atoms with Gasteiger partial charge in [-0.3, -0.25) is 0 Å². The number of hydrogen-bond acceptors (Lipinski definition) is 3. The van der Waals surface area contributed by atoms with Gasteiger partial charge in [0, 0.05) is 0 Å². The largest absolute Gasteiger partial charge is 0.491 e. The Balaban J connectivity index is 2.01. The zero-order chi connectivity index (χ0) is 15.9. The SMILES string of the molecule is CN1CCC(COc2ccccc2N=C(N)N=C(N)N)CC1. The van der Waals surface area contributed by atoms with E-state index >= 15 is 0 Å². The monoisotopic (exact) mass is 304 g/mol. The van der Waals surface area contributed by atoms with Gasteiger partial charge in [-0.25, -0.2) is 4.99 Å². The molecule has 7 heteroatoms. The minimum atomic E-state index is -0.119. The Kier molecular flexibility index (Phi) is 5.60. The minimum Gasteiger partial charge on any atom is -0.491 e. The molecule has 1 saturated heterocycles. The number of nitrogens with two attached hydrogens (primary N) is 3. The normalized spacial score (nSPS) is 17.2. The Morgan fingerprint density at radius 3 is 2.59 bits per heavy atom. The predicted molar refractivity (Wildman–Crippen MR) is 89.3 cm³/mol. The highest BCUT2D eigenvalue weighted by atomic mass is 16.5. The number of rotatable bonds is 4. The van der Waals surface area contributed by atoms with Crippen molar-refractivity contribution < 1.29 is 4.74 Å². The number of guanidine groups is 2. The van der Waals surface area contributed by atoms with Crippen molar-refractivity contribution in [1.82, 2.24) is 4.90 Å². The average Bonchev–Trinajstić information content (AvgIpc) is 2.47. The molecule has 0 radical (unpaired) electrons. The number of benzene rings is 1. The van der Waals surface area contributed by atoms with Crippen LogP contribution >= 0.6 is 0 Å². The van der Waals surface area contributed by atoms with Crippen LogP contribution < -0.4 is 21.9 Å². The van der Waals surface area contributed by atoms with Crippen molar-refractivity contribution in [2.45, 2.75) is 12.8 Å². The summed E-state index contributed by atoms with van der Waals surface area (Å²) in [6.07, 6.45) is 2.30. The predicted octanol–water partition coefficient (Wildman–Crippen LogP) is 0.627. The molecule has 0 aromatic heterocycles. The van der Waals surface area contributed by atoms with Crippen molar-refractivity contribution in [3.05, 3.63) is 24.3 Å². The molecule has 1 fully saturated rings. The number of likely N-dealkylation sites (tertiary alicyclic amines) is 1. The van der Waals surface area contributed by atoms with Crippen LogP contribution in [0.5, 0.6) is 5.75 Å². The van der Waals surface area contributed by atoms with E-state index < -0.39 is 0 Å². The zero-order valence-corrected chi connectivity index (χ0v) is 12.9. The molecule has 120 valence electrons. The molecule has 1 aliphatic rings. The van der Waals surface area contributed by atoms with Crippen LogP contribution in [0.3, 0.4) is 0 Å². The van der Waals surface area contributed by atoms with Crippen LogP contribution in [0.4, 0.5) is 5.69 Å². The number of nitrogens with zero attached hydrogens (tertiary/aromatic N) is 3. The van der Waals surface area contributed by atoms with Gasteiger partial charge in [0.05, 0.1) is 6.61 Å². The van der Waals surface area contributed by atoms with Gasteiger partial charge < -0.3 is 26.8 Å². The number of para-hydroxylation sites is 2. The van der Waals surface area contributed by atoms with Crippen LogP contribution in [-0.4, -0.2) is 43.6 Å². The van der Waals surface area contributed by atoms with Gasteiger partial charge in [-0.15, -0.1) is 0 Å². The number of hydrogen-bond donors (Lipinski definition) is 3.